The summed E-state index contributed by atoms with van der Waals surface area (Å²) in [5.74, 6) is 0.958. The molecule has 18 heteroatoms. The highest BCUT2D eigenvalue weighted by atomic mass is 16.3. The van der Waals surface area contributed by atoms with Crippen LogP contribution in [0.5, 0.6) is 0 Å². The van der Waals surface area contributed by atoms with Gasteiger partial charge in [0, 0.05) is 55.6 Å². The van der Waals surface area contributed by atoms with Gasteiger partial charge in [-0.15, -0.1) is 0 Å². The second kappa shape index (κ2) is 16.2. The van der Waals surface area contributed by atoms with Crippen molar-refractivity contribution in [3.8, 4) is 0 Å². The van der Waals surface area contributed by atoms with E-state index in [9.17, 15) is 29.4 Å². The summed E-state index contributed by atoms with van der Waals surface area (Å²) in [6.07, 6.45) is 2.47. The molecule has 2 N–H and O–H groups in total. The van der Waals surface area contributed by atoms with E-state index in [-0.39, 0.29) is 52.3 Å². The fraction of sp³-hybridized carbons (Fsp3) is 0.590. The molecular formula is C39H58N12O6. The lowest BCUT2D eigenvalue weighted by molar-refractivity contribution is -0.119. The number of urea groups is 3. The Hall–Kier alpha value is -5.36. The lowest BCUT2D eigenvalue weighted by Gasteiger charge is -2.22. The molecule has 3 aromatic rings. The molecule has 6 heterocycles. The SMILES string of the molecule is C[C@H]1C(=O)N(c2cc(C(C)(C)C)ncn2)C(=O)N1C.C[C@H]1[C@@H](O)N(c2cc(C(C)(C)C)ncn2)C(=O)N1C.C[C@H]1[C@H](O)N(c2cc(C(C)(C)C)ncn2)C(=O)N1C. The van der Waals surface area contributed by atoms with E-state index in [0.29, 0.717) is 17.5 Å². The summed E-state index contributed by atoms with van der Waals surface area (Å²) < 4.78 is 0. The third-order valence-electron chi connectivity index (χ3n) is 10.3. The number of aliphatic hydroxyl groups excluding tert-OH is 2. The number of carbonyl (C=O) groups is 4. The fourth-order valence-electron chi connectivity index (χ4n) is 5.85. The minimum absolute atomic E-state index is 0.136. The van der Waals surface area contributed by atoms with Crippen molar-refractivity contribution in [1.29, 1.82) is 0 Å². The van der Waals surface area contributed by atoms with Crippen LogP contribution in [0.3, 0.4) is 0 Å². The molecule has 3 aliphatic rings. The van der Waals surface area contributed by atoms with Gasteiger partial charge in [0.05, 0.1) is 29.2 Å². The van der Waals surface area contributed by atoms with Crippen molar-refractivity contribution < 1.29 is 29.4 Å². The Labute approximate surface area is 335 Å². The van der Waals surface area contributed by atoms with Gasteiger partial charge in [-0.25, -0.2) is 59.0 Å². The molecule has 57 heavy (non-hydrogen) atoms. The van der Waals surface area contributed by atoms with Crippen molar-refractivity contribution in [3.05, 3.63) is 54.3 Å². The molecule has 0 radical (unpaired) electrons. The molecule has 7 amide bonds. The van der Waals surface area contributed by atoms with Crippen LogP contribution in [0, 0.1) is 0 Å². The minimum atomic E-state index is -0.889. The van der Waals surface area contributed by atoms with E-state index in [4.69, 9.17) is 0 Å². The van der Waals surface area contributed by atoms with Crippen LogP contribution in [0.1, 0.15) is 100 Å². The molecular weight excluding hydrogens is 733 g/mol. The van der Waals surface area contributed by atoms with Crippen molar-refractivity contribution in [2.75, 3.05) is 35.8 Å². The average Bonchev–Trinajstić information content (AvgIpc) is 3.56. The van der Waals surface area contributed by atoms with Gasteiger partial charge in [-0.05, 0) is 20.8 Å². The summed E-state index contributed by atoms with van der Waals surface area (Å²) in [5.41, 5.74) is 2.02. The van der Waals surface area contributed by atoms with Crippen LogP contribution < -0.4 is 14.7 Å². The summed E-state index contributed by atoms with van der Waals surface area (Å²) >= 11 is 0. The Morgan fingerprint density at radius 2 is 0.807 bits per heavy atom. The molecule has 0 unspecified atom stereocenters. The predicted molar refractivity (Wildman–Crippen MR) is 215 cm³/mol. The van der Waals surface area contributed by atoms with Crippen LogP contribution >= 0.6 is 0 Å². The molecule has 0 aromatic carbocycles. The van der Waals surface area contributed by atoms with E-state index in [1.54, 1.807) is 60.1 Å². The van der Waals surface area contributed by atoms with Gasteiger partial charge in [-0.2, -0.15) is 0 Å². The van der Waals surface area contributed by atoms with E-state index in [1.165, 1.54) is 43.5 Å². The Balaban J connectivity index is 0.000000189. The second-order valence-electron chi connectivity index (χ2n) is 17.6. The number of hydrogen-bond acceptors (Lipinski definition) is 12. The summed E-state index contributed by atoms with van der Waals surface area (Å²) in [5, 5.41) is 20.3. The van der Waals surface area contributed by atoms with E-state index >= 15 is 0 Å². The van der Waals surface area contributed by atoms with Crippen molar-refractivity contribution in [2.24, 2.45) is 0 Å². The first-order chi connectivity index (χ1) is 26.2. The highest BCUT2D eigenvalue weighted by Gasteiger charge is 2.44. The Kier molecular flexibility index (Phi) is 12.6. The fourth-order valence-corrected chi connectivity index (χ4v) is 5.85. The Morgan fingerprint density at radius 1 is 0.491 bits per heavy atom. The maximum atomic E-state index is 12.1. The highest BCUT2D eigenvalue weighted by molar-refractivity contribution is 6.20. The molecule has 3 saturated heterocycles. The quantitative estimate of drug-likeness (QED) is 0.357. The second-order valence-corrected chi connectivity index (χ2v) is 17.6. The first kappa shape index (κ1) is 44.4. The minimum Gasteiger partial charge on any atom is -0.371 e. The molecule has 0 spiro atoms. The average molecular weight is 791 g/mol. The molecule has 0 saturated carbocycles. The summed E-state index contributed by atoms with van der Waals surface area (Å²) in [6, 6.07) is 3.37. The molecule has 3 fully saturated rings. The van der Waals surface area contributed by atoms with Crippen molar-refractivity contribution >= 4 is 41.5 Å². The first-order valence-electron chi connectivity index (χ1n) is 18.8. The van der Waals surface area contributed by atoms with Crippen molar-refractivity contribution in [2.45, 2.75) is 130 Å². The van der Waals surface area contributed by atoms with Crippen molar-refractivity contribution in [1.82, 2.24) is 44.6 Å². The van der Waals surface area contributed by atoms with Gasteiger partial charge < -0.3 is 24.9 Å². The number of hydrogen-bond donors (Lipinski definition) is 2. The maximum Gasteiger partial charge on any atom is 0.333 e. The normalized spacial score (nSPS) is 22.9. The summed E-state index contributed by atoms with van der Waals surface area (Å²) in [4.78, 5) is 81.4. The van der Waals surface area contributed by atoms with Gasteiger partial charge in [0.25, 0.3) is 5.91 Å². The van der Waals surface area contributed by atoms with Gasteiger partial charge in [0.2, 0.25) is 0 Å². The number of likely N-dealkylation sites (N-methyl/N-ethyl adjacent to an activating group) is 3. The van der Waals surface area contributed by atoms with E-state index in [1.807, 2.05) is 62.3 Å². The van der Waals surface area contributed by atoms with Gasteiger partial charge in [0.15, 0.2) is 12.5 Å². The summed E-state index contributed by atoms with van der Waals surface area (Å²) in [6.45, 7) is 23.6. The topological polar surface area (TPSA) is 206 Å². The highest BCUT2D eigenvalue weighted by Crippen LogP contribution is 2.31. The van der Waals surface area contributed by atoms with Crippen LogP contribution in [0.25, 0.3) is 0 Å². The van der Waals surface area contributed by atoms with Gasteiger partial charge in [-0.1, -0.05) is 62.3 Å². The van der Waals surface area contributed by atoms with Crippen LogP contribution in [0.15, 0.2) is 37.2 Å². The van der Waals surface area contributed by atoms with Crippen LogP contribution in [-0.4, -0.2) is 131 Å². The number of anilines is 3. The lowest BCUT2D eigenvalue weighted by Crippen LogP contribution is -2.36. The molecule has 3 aliphatic heterocycles. The van der Waals surface area contributed by atoms with Crippen LogP contribution in [-0.2, 0) is 21.0 Å². The van der Waals surface area contributed by atoms with Crippen LogP contribution in [0.4, 0.5) is 31.8 Å². The number of aliphatic hydroxyl groups is 2. The van der Waals surface area contributed by atoms with E-state index in [2.05, 4.69) is 29.9 Å². The number of imide groups is 1. The maximum absolute atomic E-state index is 12.1. The van der Waals surface area contributed by atoms with Gasteiger partial charge in [-0.3, -0.25) is 4.79 Å². The Bertz CT molecular complexity index is 1860. The molecule has 310 valence electrons. The van der Waals surface area contributed by atoms with E-state index in [0.717, 1.165) is 22.0 Å². The third kappa shape index (κ3) is 9.12. The van der Waals surface area contributed by atoms with Crippen LogP contribution in [0.2, 0.25) is 0 Å². The van der Waals surface area contributed by atoms with Gasteiger partial charge in [0.1, 0.15) is 42.5 Å². The standard InChI is InChI=1S/2C13H20N4O2.C13H18N4O2/c3*1-8-11(18)17(12(19)16(8)5)10-6-9(13(2,3)4)14-7-15-10/h2*6-8,11,18H,1-5H3;6-8H,1-5H3/t8-,11+;8-,11-;8-/m000/s1. The molecule has 0 bridgehead atoms. The molecule has 6 rings (SSSR count). The largest absolute Gasteiger partial charge is 0.371 e. The molecule has 5 atom stereocenters. The number of amides is 7. The Morgan fingerprint density at radius 3 is 1.07 bits per heavy atom. The predicted octanol–water partition coefficient (Wildman–Crippen LogP) is 4.27. The zero-order valence-corrected chi connectivity index (χ0v) is 35.7. The molecule has 18 nitrogen and oxygen atoms in total. The molecule has 0 aliphatic carbocycles. The molecule has 3 aromatic heterocycles. The smallest absolute Gasteiger partial charge is 0.333 e. The summed E-state index contributed by atoms with van der Waals surface area (Å²) in [7, 11) is 4.95. The zero-order valence-electron chi connectivity index (χ0n) is 35.7. The van der Waals surface area contributed by atoms with Crippen molar-refractivity contribution in [3.63, 3.8) is 0 Å². The third-order valence-corrected chi connectivity index (χ3v) is 10.3. The number of carbonyl (C=O) groups excluding carboxylic acids is 4. The van der Waals surface area contributed by atoms with Gasteiger partial charge >= 0.3 is 18.1 Å². The first-order valence-corrected chi connectivity index (χ1v) is 18.8. The number of rotatable bonds is 3. The number of aromatic nitrogens is 6. The number of nitrogens with zero attached hydrogens (tertiary/aromatic N) is 12. The van der Waals surface area contributed by atoms with E-state index < -0.39 is 18.5 Å². The lowest BCUT2D eigenvalue weighted by atomic mass is 9.92. The zero-order chi connectivity index (χ0) is 43.1. The monoisotopic (exact) mass is 790 g/mol.